The van der Waals surface area contributed by atoms with Crippen LogP contribution >= 0.6 is 0 Å². The van der Waals surface area contributed by atoms with E-state index in [1.807, 2.05) is 0 Å². The van der Waals surface area contributed by atoms with Crippen molar-refractivity contribution in [2.24, 2.45) is 0 Å². The van der Waals surface area contributed by atoms with Gasteiger partial charge in [-0.2, -0.15) is 0 Å². The Labute approximate surface area is 89.3 Å². The molecule has 2 rings (SSSR count). The normalized spacial score (nSPS) is 25.1. The average molecular weight is 211 g/mol. The smallest absolute Gasteiger partial charge is 0.157 e. The van der Waals surface area contributed by atoms with Gasteiger partial charge in [0, 0.05) is 50.8 Å². The topological polar surface area (TPSA) is 58.6 Å². The number of hydrogen-bond donors (Lipinski definition) is 2. The Balaban J connectivity index is 1.81. The molecule has 1 saturated heterocycles. The molecule has 1 fully saturated rings. The molecule has 4 nitrogen and oxygen atoms in total. The predicted molar refractivity (Wildman–Crippen MR) is 55.3 cm³/mol. The van der Waals surface area contributed by atoms with Crippen molar-refractivity contribution in [1.29, 1.82) is 0 Å². The van der Waals surface area contributed by atoms with Gasteiger partial charge in [-0.25, -0.2) is 0 Å². The first kappa shape index (κ1) is 10.6. The number of ether oxygens (including phenoxy) is 1. The van der Waals surface area contributed by atoms with Crippen LogP contribution < -0.4 is 5.32 Å². The summed E-state index contributed by atoms with van der Waals surface area (Å²) in [5, 5.41) is 13.3. The Morgan fingerprint density at radius 1 is 1.40 bits per heavy atom. The number of hydrogen-bond acceptors (Lipinski definition) is 4. The molecule has 0 radical (unpaired) electrons. The van der Waals surface area contributed by atoms with Gasteiger partial charge in [-0.3, -0.25) is 4.79 Å². The van der Waals surface area contributed by atoms with Crippen LogP contribution in [0, 0.1) is 0 Å². The van der Waals surface area contributed by atoms with Gasteiger partial charge in [0.2, 0.25) is 0 Å². The van der Waals surface area contributed by atoms with Crippen LogP contribution in [-0.2, 0) is 9.53 Å². The van der Waals surface area contributed by atoms with E-state index in [1.165, 1.54) is 0 Å². The second kappa shape index (κ2) is 4.33. The molecule has 0 aromatic carbocycles. The molecule has 0 bridgehead atoms. The molecule has 1 aliphatic heterocycles. The molecule has 1 aliphatic carbocycles. The molecule has 0 amide bonds. The summed E-state index contributed by atoms with van der Waals surface area (Å²) >= 11 is 0. The fourth-order valence-electron chi connectivity index (χ4n) is 1.94. The molecule has 0 saturated carbocycles. The fraction of sp³-hybridized carbons (Fsp3) is 0.727. The van der Waals surface area contributed by atoms with Gasteiger partial charge in [0.25, 0.3) is 0 Å². The lowest BCUT2D eigenvalue weighted by molar-refractivity contribution is -0.114. The highest BCUT2D eigenvalue weighted by Gasteiger charge is 2.29. The van der Waals surface area contributed by atoms with Crippen molar-refractivity contribution in [1.82, 2.24) is 5.32 Å². The minimum absolute atomic E-state index is 0.177. The lowest BCUT2D eigenvalue weighted by Gasteiger charge is -2.32. The van der Waals surface area contributed by atoms with Crippen molar-refractivity contribution in [2.45, 2.75) is 31.3 Å². The van der Waals surface area contributed by atoms with Crippen LogP contribution in [0.15, 0.2) is 11.8 Å². The summed E-state index contributed by atoms with van der Waals surface area (Å²) in [6.45, 7) is 1.77. The van der Waals surface area contributed by atoms with Gasteiger partial charge in [0.15, 0.2) is 5.78 Å². The zero-order chi connectivity index (χ0) is 10.7. The van der Waals surface area contributed by atoms with Gasteiger partial charge >= 0.3 is 0 Å². The van der Waals surface area contributed by atoms with Gasteiger partial charge < -0.3 is 15.2 Å². The van der Waals surface area contributed by atoms with E-state index in [-0.39, 0.29) is 5.78 Å². The quantitative estimate of drug-likeness (QED) is 0.708. The van der Waals surface area contributed by atoms with Crippen LogP contribution in [0.3, 0.4) is 0 Å². The molecule has 0 atom stereocenters. The molecule has 0 aromatic rings. The van der Waals surface area contributed by atoms with Gasteiger partial charge in [-0.15, -0.1) is 0 Å². The zero-order valence-corrected chi connectivity index (χ0v) is 8.79. The molecule has 0 spiro atoms. The van der Waals surface area contributed by atoms with Crippen molar-refractivity contribution in [2.75, 3.05) is 19.8 Å². The Bertz CT molecular complexity index is 280. The van der Waals surface area contributed by atoms with Crippen molar-refractivity contribution >= 4 is 5.78 Å². The van der Waals surface area contributed by atoms with E-state index in [0.29, 0.717) is 39.0 Å². The first-order chi connectivity index (χ1) is 7.18. The van der Waals surface area contributed by atoms with Crippen LogP contribution in [0.25, 0.3) is 0 Å². The third-order valence-electron chi connectivity index (χ3n) is 3.04. The number of aliphatic hydroxyl groups is 1. The maximum absolute atomic E-state index is 11.0. The summed E-state index contributed by atoms with van der Waals surface area (Å²) in [6.07, 6.45) is 4.36. The largest absolute Gasteiger partial charge is 0.388 e. The summed E-state index contributed by atoms with van der Waals surface area (Å²) in [5.41, 5.74) is 0.296. The fourth-order valence-corrected chi connectivity index (χ4v) is 1.94. The van der Waals surface area contributed by atoms with E-state index in [4.69, 9.17) is 4.74 Å². The third-order valence-corrected chi connectivity index (χ3v) is 3.04. The lowest BCUT2D eigenvalue weighted by atomic mass is 9.94. The highest BCUT2D eigenvalue weighted by molar-refractivity contribution is 5.92. The van der Waals surface area contributed by atoms with E-state index in [2.05, 4.69) is 5.32 Å². The second-order valence-corrected chi connectivity index (χ2v) is 4.33. The number of rotatable bonds is 3. The number of carbonyl (C=O) groups is 1. The maximum Gasteiger partial charge on any atom is 0.157 e. The maximum atomic E-state index is 11.0. The molecule has 84 valence electrons. The van der Waals surface area contributed by atoms with E-state index in [9.17, 15) is 9.90 Å². The monoisotopic (exact) mass is 211 g/mol. The summed E-state index contributed by atoms with van der Waals surface area (Å²) in [7, 11) is 0. The van der Waals surface area contributed by atoms with Crippen LogP contribution in [0.1, 0.15) is 25.7 Å². The van der Waals surface area contributed by atoms with E-state index >= 15 is 0 Å². The first-order valence-electron chi connectivity index (χ1n) is 5.45. The van der Waals surface area contributed by atoms with E-state index in [1.54, 1.807) is 6.08 Å². The van der Waals surface area contributed by atoms with Gasteiger partial charge in [-0.05, 0) is 6.42 Å². The van der Waals surface area contributed by atoms with Crippen LogP contribution in [0.4, 0.5) is 0 Å². The van der Waals surface area contributed by atoms with Crippen molar-refractivity contribution in [3.63, 3.8) is 0 Å². The van der Waals surface area contributed by atoms with Crippen molar-refractivity contribution in [3.8, 4) is 0 Å². The third kappa shape index (κ3) is 2.79. The summed E-state index contributed by atoms with van der Waals surface area (Å²) in [6, 6.07) is 0. The Morgan fingerprint density at radius 2 is 2.13 bits per heavy atom. The zero-order valence-electron chi connectivity index (χ0n) is 8.79. The molecule has 1 heterocycles. The van der Waals surface area contributed by atoms with Crippen molar-refractivity contribution in [3.05, 3.63) is 11.8 Å². The molecular weight excluding hydrogens is 194 g/mol. The van der Waals surface area contributed by atoms with E-state index in [0.717, 1.165) is 12.1 Å². The average Bonchev–Trinajstić information content (AvgIpc) is 2.63. The molecule has 0 unspecified atom stereocenters. The summed E-state index contributed by atoms with van der Waals surface area (Å²) < 4.78 is 5.20. The molecular formula is C11H17NO3. The number of carbonyl (C=O) groups excluding carboxylic acids is 1. The highest BCUT2D eigenvalue weighted by atomic mass is 16.5. The highest BCUT2D eigenvalue weighted by Crippen LogP contribution is 2.20. The minimum atomic E-state index is -0.662. The Hall–Kier alpha value is -0.870. The van der Waals surface area contributed by atoms with Crippen LogP contribution in [-0.4, -0.2) is 36.2 Å². The lowest BCUT2D eigenvalue weighted by Crippen LogP contribution is -2.44. The van der Waals surface area contributed by atoms with E-state index < -0.39 is 5.60 Å². The predicted octanol–water partition coefficient (Wildman–Crippen LogP) is 0.364. The first-order valence-corrected chi connectivity index (χ1v) is 5.45. The van der Waals surface area contributed by atoms with Gasteiger partial charge in [0.1, 0.15) is 0 Å². The van der Waals surface area contributed by atoms with Crippen molar-refractivity contribution < 1.29 is 14.6 Å². The SMILES string of the molecule is O=C1C=C(NCC2(O)CCOCC2)CC1. The Morgan fingerprint density at radius 3 is 2.73 bits per heavy atom. The number of allylic oxidation sites excluding steroid dienone is 2. The minimum Gasteiger partial charge on any atom is -0.388 e. The summed E-state index contributed by atoms with van der Waals surface area (Å²) in [5.74, 6) is 0.177. The van der Waals surface area contributed by atoms with Gasteiger partial charge in [0.05, 0.1) is 5.60 Å². The number of nitrogens with one attached hydrogen (secondary N) is 1. The second-order valence-electron chi connectivity index (χ2n) is 4.33. The Kier molecular flexibility index (Phi) is 3.07. The summed E-state index contributed by atoms with van der Waals surface area (Å²) in [4.78, 5) is 11.0. The van der Waals surface area contributed by atoms with Crippen LogP contribution in [0.2, 0.25) is 0 Å². The van der Waals surface area contributed by atoms with Crippen LogP contribution in [0.5, 0.6) is 0 Å². The van der Waals surface area contributed by atoms with Gasteiger partial charge in [-0.1, -0.05) is 0 Å². The molecule has 4 heteroatoms. The molecule has 0 aromatic heterocycles. The molecule has 2 aliphatic rings. The number of ketones is 1. The standard InChI is InChI=1S/C11H17NO3/c13-10-2-1-9(7-10)12-8-11(14)3-5-15-6-4-11/h7,12,14H,1-6,8H2. The molecule has 15 heavy (non-hydrogen) atoms. The molecule has 2 N–H and O–H groups in total.